The summed E-state index contributed by atoms with van der Waals surface area (Å²) < 4.78 is 5.01. The Balaban J connectivity index is 2.30. The van der Waals surface area contributed by atoms with Gasteiger partial charge in [0.25, 0.3) is 0 Å². The van der Waals surface area contributed by atoms with Crippen LogP contribution in [0.1, 0.15) is 26.2 Å². The van der Waals surface area contributed by atoms with Gasteiger partial charge in [0.2, 0.25) is 5.91 Å². The molecular formula is C11H22N2O2. The third-order valence-electron chi connectivity index (χ3n) is 3.10. The second-order valence-corrected chi connectivity index (χ2v) is 4.51. The van der Waals surface area contributed by atoms with Crippen molar-refractivity contribution in [3.8, 4) is 0 Å². The molecule has 0 aromatic heterocycles. The maximum Gasteiger partial charge on any atom is 0.224 e. The molecule has 2 unspecified atom stereocenters. The number of likely N-dealkylation sites (N-methyl/N-ethyl adjacent to an activating group) is 1. The van der Waals surface area contributed by atoms with Gasteiger partial charge in [-0.15, -0.1) is 0 Å². The van der Waals surface area contributed by atoms with Crippen LogP contribution in [0.25, 0.3) is 0 Å². The van der Waals surface area contributed by atoms with Crippen molar-refractivity contribution in [2.24, 2.45) is 11.7 Å². The molecule has 1 amide bonds. The van der Waals surface area contributed by atoms with Crippen molar-refractivity contribution in [3.63, 3.8) is 0 Å². The summed E-state index contributed by atoms with van der Waals surface area (Å²) in [4.78, 5) is 13.5. The summed E-state index contributed by atoms with van der Waals surface area (Å²) in [7, 11) is 3.45. The summed E-state index contributed by atoms with van der Waals surface area (Å²) >= 11 is 0. The van der Waals surface area contributed by atoms with Crippen molar-refractivity contribution >= 4 is 5.91 Å². The highest BCUT2D eigenvalue weighted by atomic mass is 16.5. The molecule has 1 aliphatic rings. The molecular weight excluding hydrogens is 192 g/mol. The van der Waals surface area contributed by atoms with Gasteiger partial charge in [-0.05, 0) is 25.7 Å². The van der Waals surface area contributed by atoms with Gasteiger partial charge in [-0.3, -0.25) is 4.79 Å². The normalized spacial score (nSPS) is 19.7. The Kier molecular flexibility index (Phi) is 4.54. The molecule has 1 rings (SSSR count). The molecule has 0 aromatic carbocycles. The molecule has 0 heterocycles. The lowest BCUT2D eigenvalue weighted by Gasteiger charge is -2.25. The van der Waals surface area contributed by atoms with Crippen LogP contribution in [0, 0.1) is 5.92 Å². The van der Waals surface area contributed by atoms with Crippen molar-refractivity contribution in [1.29, 1.82) is 0 Å². The van der Waals surface area contributed by atoms with Gasteiger partial charge in [0, 0.05) is 26.6 Å². The van der Waals surface area contributed by atoms with E-state index in [0.717, 1.165) is 0 Å². The van der Waals surface area contributed by atoms with Crippen molar-refractivity contribution in [2.75, 3.05) is 20.8 Å². The first-order valence-corrected chi connectivity index (χ1v) is 5.56. The number of methoxy groups -OCH3 is 1. The third-order valence-corrected chi connectivity index (χ3v) is 3.10. The third kappa shape index (κ3) is 3.80. The fourth-order valence-electron chi connectivity index (χ4n) is 1.64. The van der Waals surface area contributed by atoms with E-state index in [0.29, 0.717) is 18.9 Å². The molecule has 0 spiro atoms. The predicted octanol–water partition coefficient (Wildman–Crippen LogP) is 0.607. The Labute approximate surface area is 91.8 Å². The predicted molar refractivity (Wildman–Crippen MR) is 59.4 cm³/mol. The van der Waals surface area contributed by atoms with Gasteiger partial charge < -0.3 is 15.4 Å². The van der Waals surface area contributed by atoms with Gasteiger partial charge in [0.15, 0.2) is 0 Å². The van der Waals surface area contributed by atoms with E-state index in [4.69, 9.17) is 10.5 Å². The van der Waals surface area contributed by atoms with Gasteiger partial charge in [-0.2, -0.15) is 0 Å². The van der Waals surface area contributed by atoms with Gasteiger partial charge in [-0.1, -0.05) is 0 Å². The monoisotopic (exact) mass is 214 g/mol. The largest absolute Gasteiger partial charge is 0.383 e. The number of ether oxygens (including phenoxy) is 1. The highest BCUT2D eigenvalue weighted by Crippen LogP contribution is 2.32. The van der Waals surface area contributed by atoms with Crippen molar-refractivity contribution in [1.82, 2.24) is 4.90 Å². The van der Waals surface area contributed by atoms with Crippen LogP contribution in [0.2, 0.25) is 0 Å². The highest BCUT2D eigenvalue weighted by molar-refractivity contribution is 5.76. The van der Waals surface area contributed by atoms with Gasteiger partial charge >= 0.3 is 0 Å². The lowest BCUT2D eigenvalue weighted by atomic mass is 10.1. The first kappa shape index (κ1) is 12.5. The quantitative estimate of drug-likeness (QED) is 0.704. The number of carbonyl (C=O) groups excluding carboxylic acids is 1. The first-order valence-electron chi connectivity index (χ1n) is 5.56. The Morgan fingerprint density at radius 3 is 2.67 bits per heavy atom. The fraction of sp³-hybridized carbons (Fsp3) is 0.909. The second-order valence-electron chi connectivity index (χ2n) is 4.51. The zero-order chi connectivity index (χ0) is 11.4. The average Bonchev–Trinajstić information content (AvgIpc) is 2.99. The van der Waals surface area contributed by atoms with E-state index in [9.17, 15) is 4.79 Å². The fourth-order valence-corrected chi connectivity index (χ4v) is 1.64. The topological polar surface area (TPSA) is 55.6 Å². The van der Waals surface area contributed by atoms with Crippen LogP contribution in [0.4, 0.5) is 0 Å². The molecule has 0 aliphatic heterocycles. The van der Waals surface area contributed by atoms with Gasteiger partial charge in [-0.25, -0.2) is 0 Å². The van der Waals surface area contributed by atoms with Gasteiger partial charge in [0.1, 0.15) is 0 Å². The molecule has 2 N–H and O–H groups in total. The Bertz CT molecular complexity index is 217. The van der Waals surface area contributed by atoms with E-state index in [1.807, 2.05) is 14.0 Å². The Morgan fingerprint density at radius 1 is 1.60 bits per heavy atom. The minimum Gasteiger partial charge on any atom is -0.383 e. The summed E-state index contributed by atoms with van der Waals surface area (Å²) in [5.74, 6) is 0.707. The lowest BCUT2D eigenvalue weighted by Crippen LogP contribution is -2.41. The van der Waals surface area contributed by atoms with Crippen LogP contribution >= 0.6 is 0 Å². The molecule has 4 nitrogen and oxygen atoms in total. The standard InChI is InChI=1S/C11H22N2O2/c1-8(7-15-3)13(2)11(14)6-10(12)9-4-5-9/h8-10H,4-7,12H2,1-3H3. The van der Waals surface area contributed by atoms with Crippen LogP contribution in [-0.4, -0.2) is 43.7 Å². The Hall–Kier alpha value is -0.610. The lowest BCUT2D eigenvalue weighted by molar-refractivity contribution is -0.133. The Morgan fingerprint density at radius 2 is 2.20 bits per heavy atom. The van der Waals surface area contributed by atoms with E-state index in [2.05, 4.69) is 0 Å². The maximum atomic E-state index is 11.8. The number of amides is 1. The van der Waals surface area contributed by atoms with Crippen molar-refractivity contribution in [3.05, 3.63) is 0 Å². The molecule has 0 radical (unpaired) electrons. The van der Waals surface area contributed by atoms with Gasteiger partial charge in [0.05, 0.1) is 12.6 Å². The zero-order valence-electron chi connectivity index (χ0n) is 9.90. The molecule has 0 bridgehead atoms. The SMILES string of the molecule is COCC(C)N(C)C(=O)CC(N)C1CC1. The molecule has 0 aromatic rings. The van der Waals surface area contributed by atoms with E-state index in [1.54, 1.807) is 12.0 Å². The van der Waals surface area contributed by atoms with Crippen LogP contribution in [0.5, 0.6) is 0 Å². The number of hydrogen-bond donors (Lipinski definition) is 1. The summed E-state index contributed by atoms with van der Waals surface area (Å²) in [5, 5.41) is 0. The van der Waals surface area contributed by atoms with E-state index < -0.39 is 0 Å². The average molecular weight is 214 g/mol. The molecule has 1 fully saturated rings. The number of rotatable bonds is 6. The van der Waals surface area contributed by atoms with E-state index in [1.165, 1.54) is 12.8 Å². The summed E-state index contributed by atoms with van der Waals surface area (Å²) in [5.41, 5.74) is 5.91. The number of hydrogen-bond acceptors (Lipinski definition) is 3. The summed E-state index contributed by atoms with van der Waals surface area (Å²) in [6, 6.07) is 0.170. The minimum atomic E-state index is 0.0506. The molecule has 88 valence electrons. The van der Waals surface area contributed by atoms with Crippen molar-refractivity contribution < 1.29 is 9.53 Å². The molecule has 0 saturated heterocycles. The van der Waals surface area contributed by atoms with Crippen LogP contribution in [-0.2, 0) is 9.53 Å². The number of nitrogens with zero attached hydrogens (tertiary/aromatic N) is 1. The maximum absolute atomic E-state index is 11.8. The second kappa shape index (κ2) is 5.47. The van der Waals surface area contributed by atoms with E-state index in [-0.39, 0.29) is 18.0 Å². The summed E-state index contributed by atoms with van der Waals surface area (Å²) in [6.07, 6.45) is 2.84. The summed E-state index contributed by atoms with van der Waals surface area (Å²) in [6.45, 7) is 2.55. The number of nitrogens with two attached hydrogens (primary N) is 1. The molecule has 2 atom stereocenters. The van der Waals surface area contributed by atoms with Crippen LogP contribution in [0.3, 0.4) is 0 Å². The molecule has 4 heteroatoms. The molecule has 1 aliphatic carbocycles. The zero-order valence-corrected chi connectivity index (χ0v) is 9.90. The van der Waals surface area contributed by atoms with E-state index >= 15 is 0 Å². The smallest absolute Gasteiger partial charge is 0.224 e. The molecule has 15 heavy (non-hydrogen) atoms. The number of carbonyl (C=O) groups is 1. The minimum absolute atomic E-state index is 0.0506. The molecule has 1 saturated carbocycles. The highest BCUT2D eigenvalue weighted by Gasteiger charge is 2.31. The van der Waals surface area contributed by atoms with Crippen molar-refractivity contribution in [2.45, 2.75) is 38.3 Å². The van der Waals surface area contributed by atoms with Crippen LogP contribution < -0.4 is 5.73 Å². The van der Waals surface area contributed by atoms with Crippen LogP contribution in [0.15, 0.2) is 0 Å². The first-order chi connectivity index (χ1) is 7.06.